The summed E-state index contributed by atoms with van der Waals surface area (Å²) in [5.41, 5.74) is 2.59. The van der Waals surface area contributed by atoms with E-state index in [-0.39, 0.29) is 11.7 Å². The van der Waals surface area contributed by atoms with E-state index in [0.717, 1.165) is 42.6 Å². The number of hydrogen-bond donors (Lipinski definition) is 1. The maximum absolute atomic E-state index is 12.6. The van der Waals surface area contributed by atoms with Crippen LogP contribution in [0.4, 0.5) is 0 Å². The minimum atomic E-state index is 0.0974. The molecule has 0 aliphatic carbocycles. The molecule has 0 unspecified atom stereocenters. The van der Waals surface area contributed by atoms with E-state index in [4.69, 9.17) is 9.47 Å². The summed E-state index contributed by atoms with van der Waals surface area (Å²) in [4.78, 5) is 18.5. The van der Waals surface area contributed by atoms with Gasteiger partial charge in [-0.2, -0.15) is 0 Å². The van der Waals surface area contributed by atoms with Gasteiger partial charge in [0.05, 0.1) is 6.54 Å². The second kappa shape index (κ2) is 9.37. The van der Waals surface area contributed by atoms with Crippen LogP contribution in [0.2, 0.25) is 0 Å². The van der Waals surface area contributed by atoms with E-state index in [9.17, 15) is 9.90 Å². The van der Waals surface area contributed by atoms with Gasteiger partial charge in [-0.25, -0.2) is 0 Å². The fraction of sp³-hybridized carbons (Fsp3) is 0.429. The van der Waals surface area contributed by atoms with Gasteiger partial charge in [-0.05, 0) is 36.6 Å². The zero-order valence-corrected chi connectivity index (χ0v) is 15.7. The summed E-state index contributed by atoms with van der Waals surface area (Å²) in [6, 6.07) is 7.45. The number of ether oxygens (including phenoxy) is 2. The normalized spacial score (nSPS) is 13.6. The Kier molecular flexibility index (Phi) is 6.65. The number of phenolic OH excluding ortho intramolecular Hbond substituents is 1. The smallest absolute Gasteiger partial charge is 0.222 e. The molecular weight excluding hydrogens is 344 g/mol. The van der Waals surface area contributed by atoms with Gasteiger partial charge in [0.2, 0.25) is 5.91 Å². The number of nitrogens with zero attached hydrogens (tertiary/aromatic N) is 2. The minimum Gasteiger partial charge on any atom is -0.504 e. The highest BCUT2D eigenvalue weighted by molar-refractivity contribution is 5.77. The van der Waals surface area contributed by atoms with Crippen molar-refractivity contribution in [2.75, 3.05) is 26.9 Å². The van der Waals surface area contributed by atoms with E-state index in [1.807, 2.05) is 23.1 Å². The highest BCUT2D eigenvalue weighted by Crippen LogP contribution is 2.37. The number of carbonyl (C=O) groups is 1. The SMILES string of the molecule is COCCCCCC(=O)N1CCOc2c(O)cc(-c3cccnc3)cc2C1. The number of methoxy groups -OCH3 is 1. The van der Waals surface area contributed by atoms with Crippen LogP contribution in [0, 0.1) is 0 Å². The number of unbranched alkanes of at least 4 members (excludes halogenated alkanes) is 2. The van der Waals surface area contributed by atoms with Crippen LogP contribution >= 0.6 is 0 Å². The highest BCUT2D eigenvalue weighted by atomic mass is 16.5. The molecule has 144 valence electrons. The average Bonchev–Trinajstić information content (AvgIpc) is 2.91. The second-order valence-corrected chi connectivity index (χ2v) is 6.69. The largest absolute Gasteiger partial charge is 0.504 e. The standard InChI is InChI=1S/C21H26N2O4/c1-26-10-4-2-3-7-20(25)23-9-11-27-21-18(15-23)12-17(13-19(21)24)16-6-5-8-22-14-16/h5-6,8,12-14,24H,2-4,7,9-11,15H2,1H3. The van der Waals surface area contributed by atoms with Crippen LogP contribution < -0.4 is 4.74 Å². The van der Waals surface area contributed by atoms with Crippen LogP contribution in [0.3, 0.4) is 0 Å². The lowest BCUT2D eigenvalue weighted by atomic mass is 10.0. The van der Waals surface area contributed by atoms with Crippen LogP contribution in [0.15, 0.2) is 36.7 Å². The van der Waals surface area contributed by atoms with Crippen molar-refractivity contribution in [3.8, 4) is 22.6 Å². The van der Waals surface area contributed by atoms with Gasteiger partial charge in [0.1, 0.15) is 6.61 Å². The van der Waals surface area contributed by atoms with Crippen molar-refractivity contribution in [2.24, 2.45) is 0 Å². The number of benzene rings is 1. The van der Waals surface area contributed by atoms with Gasteiger partial charge in [0.25, 0.3) is 0 Å². The molecule has 2 aromatic rings. The molecule has 1 aliphatic heterocycles. The van der Waals surface area contributed by atoms with Crippen molar-refractivity contribution >= 4 is 5.91 Å². The number of amides is 1. The molecule has 1 aromatic heterocycles. The van der Waals surface area contributed by atoms with E-state index in [1.165, 1.54) is 0 Å². The predicted molar refractivity (Wildman–Crippen MR) is 103 cm³/mol. The summed E-state index contributed by atoms with van der Waals surface area (Å²) >= 11 is 0. The van der Waals surface area contributed by atoms with E-state index in [1.54, 1.807) is 25.6 Å². The molecule has 0 saturated carbocycles. The first kappa shape index (κ1) is 19.2. The second-order valence-electron chi connectivity index (χ2n) is 6.69. The van der Waals surface area contributed by atoms with Crippen LogP contribution in [-0.4, -0.2) is 47.8 Å². The van der Waals surface area contributed by atoms with Crippen LogP contribution in [0.25, 0.3) is 11.1 Å². The lowest BCUT2D eigenvalue weighted by molar-refractivity contribution is -0.132. The summed E-state index contributed by atoms with van der Waals surface area (Å²) in [5.74, 6) is 0.688. The number of pyridine rings is 1. The summed E-state index contributed by atoms with van der Waals surface area (Å²) in [6.07, 6.45) is 6.79. The summed E-state index contributed by atoms with van der Waals surface area (Å²) in [5, 5.41) is 10.4. The van der Waals surface area contributed by atoms with Crippen molar-refractivity contribution in [3.05, 3.63) is 42.2 Å². The zero-order chi connectivity index (χ0) is 19.1. The number of fused-ring (bicyclic) bond motifs is 1. The Morgan fingerprint density at radius 2 is 2.19 bits per heavy atom. The summed E-state index contributed by atoms with van der Waals surface area (Å²) in [7, 11) is 1.69. The van der Waals surface area contributed by atoms with Crippen molar-refractivity contribution in [2.45, 2.75) is 32.2 Å². The number of hydrogen-bond acceptors (Lipinski definition) is 5. The first-order valence-electron chi connectivity index (χ1n) is 9.35. The van der Waals surface area contributed by atoms with Crippen molar-refractivity contribution < 1.29 is 19.4 Å². The Morgan fingerprint density at radius 1 is 1.30 bits per heavy atom. The Bertz CT molecular complexity index is 764. The van der Waals surface area contributed by atoms with Crippen molar-refractivity contribution in [1.29, 1.82) is 0 Å². The monoisotopic (exact) mass is 370 g/mol. The number of rotatable bonds is 7. The van der Waals surface area contributed by atoms with Gasteiger partial charge < -0.3 is 19.5 Å². The van der Waals surface area contributed by atoms with Crippen LogP contribution in [0.1, 0.15) is 31.2 Å². The molecule has 1 N–H and O–H groups in total. The quantitative estimate of drug-likeness (QED) is 0.757. The molecule has 0 radical (unpaired) electrons. The molecule has 6 heteroatoms. The molecular formula is C21H26N2O4. The fourth-order valence-corrected chi connectivity index (χ4v) is 3.27. The summed E-state index contributed by atoms with van der Waals surface area (Å²) < 4.78 is 10.8. The van der Waals surface area contributed by atoms with Gasteiger partial charge in [-0.15, -0.1) is 0 Å². The lowest BCUT2D eigenvalue weighted by Gasteiger charge is -2.20. The number of aromatic hydroxyl groups is 1. The molecule has 27 heavy (non-hydrogen) atoms. The third-order valence-corrected chi connectivity index (χ3v) is 4.70. The fourth-order valence-electron chi connectivity index (χ4n) is 3.27. The topological polar surface area (TPSA) is 71.9 Å². The number of carbonyl (C=O) groups excluding carboxylic acids is 1. The van der Waals surface area contributed by atoms with Gasteiger partial charge in [-0.3, -0.25) is 9.78 Å². The predicted octanol–water partition coefficient (Wildman–Crippen LogP) is 3.38. The maximum atomic E-state index is 12.6. The van der Waals surface area contributed by atoms with E-state index in [2.05, 4.69) is 4.98 Å². The average molecular weight is 370 g/mol. The molecule has 0 saturated heterocycles. The molecule has 6 nitrogen and oxygen atoms in total. The Hall–Kier alpha value is -2.60. The maximum Gasteiger partial charge on any atom is 0.222 e. The zero-order valence-electron chi connectivity index (χ0n) is 15.7. The highest BCUT2D eigenvalue weighted by Gasteiger charge is 2.22. The molecule has 0 bridgehead atoms. The van der Waals surface area contributed by atoms with Crippen LogP contribution in [-0.2, 0) is 16.1 Å². The molecule has 0 fully saturated rings. The van der Waals surface area contributed by atoms with Crippen molar-refractivity contribution in [3.63, 3.8) is 0 Å². The molecule has 0 spiro atoms. The third kappa shape index (κ3) is 4.98. The van der Waals surface area contributed by atoms with E-state index >= 15 is 0 Å². The van der Waals surface area contributed by atoms with Gasteiger partial charge in [0, 0.05) is 50.2 Å². The molecule has 3 rings (SSSR count). The number of phenols is 1. The van der Waals surface area contributed by atoms with E-state index in [0.29, 0.717) is 31.9 Å². The lowest BCUT2D eigenvalue weighted by Crippen LogP contribution is -2.32. The summed E-state index contributed by atoms with van der Waals surface area (Å²) in [6.45, 7) is 2.07. The van der Waals surface area contributed by atoms with Gasteiger partial charge in [0.15, 0.2) is 11.5 Å². The third-order valence-electron chi connectivity index (χ3n) is 4.70. The van der Waals surface area contributed by atoms with Crippen LogP contribution in [0.5, 0.6) is 11.5 Å². The van der Waals surface area contributed by atoms with Crippen molar-refractivity contribution in [1.82, 2.24) is 9.88 Å². The molecule has 1 amide bonds. The Labute approximate surface area is 159 Å². The molecule has 2 heterocycles. The first-order valence-corrected chi connectivity index (χ1v) is 9.35. The Balaban J connectivity index is 1.72. The molecule has 1 aromatic carbocycles. The Morgan fingerprint density at radius 3 is 2.96 bits per heavy atom. The first-order chi connectivity index (χ1) is 13.2. The van der Waals surface area contributed by atoms with E-state index < -0.39 is 0 Å². The molecule has 0 atom stereocenters. The number of aromatic nitrogens is 1. The van der Waals surface area contributed by atoms with Gasteiger partial charge >= 0.3 is 0 Å². The minimum absolute atomic E-state index is 0.0974. The van der Waals surface area contributed by atoms with Gasteiger partial charge in [-0.1, -0.05) is 12.5 Å². The molecule has 1 aliphatic rings.